The number of hydrogen-bond donors (Lipinski definition) is 1. The van der Waals surface area contributed by atoms with Crippen molar-refractivity contribution in [1.82, 2.24) is 19.2 Å². The Kier molecular flexibility index (Phi) is 6.56. The molecule has 4 aliphatic rings. The summed E-state index contributed by atoms with van der Waals surface area (Å²) < 4.78 is 37.9. The molecule has 0 radical (unpaired) electrons. The number of piperidine rings is 1. The fraction of sp³-hybridized carbons (Fsp3) is 0.783. The molecule has 2 aliphatic heterocycles. The van der Waals surface area contributed by atoms with Gasteiger partial charge in [-0.2, -0.15) is 4.31 Å². The average Bonchev–Trinajstić information content (AvgIpc) is 3.76. The van der Waals surface area contributed by atoms with E-state index in [-0.39, 0.29) is 17.4 Å². The van der Waals surface area contributed by atoms with E-state index in [2.05, 4.69) is 9.97 Å². The summed E-state index contributed by atoms with van der Waals surface area (Å²) >= 11 is 0. The molecule has 11 nitrogen and oxygen atoms in total. The van der Waals surface area contributed by atoms with Gasteiger partial charge in [0.05, 0.1) is 30.4 Å². The largest absolute Gasteiger partial charge is 0.476 e. The van der Waals surface area contributed by atoms with Gasteiger partial charge in [-0.15, -0.1) is 0 Å². The minimum atomic E-state index is -3.45. The Bertz CT molecular complexity index is 1010. The van der Waals surface area contributed by atoms with Crippen LogP contribution in [0, 0.1) is 5.92 Å². The summed E-state index contributed by atoms with van der Waals surface area (Å²) in [4.78, 5) is 24.9. The monoisotopic (exact) mass is 509 g/mol. The third-order valence-electron chi connectivity index (χ3n) is 7.48. The van der Waals surface area contributed by atoms with Gasteiger partial charge in [-0.05, 0) is 51.4 Å². The highest BCUT2D eigenvalue weighted by molar-refractivity contribution is 7.89. The molecular weight excluding hydrogens is 474 g/mol. The van der Waals surface area contributed by atoms with E-state index >= 15 is 0 Å². The van der Waals surface area contributed by atoms with Gasteiger partial charge in [0.25, 0.3) is 0 Å². The second-order valence-electron chi connectivity index (χ2n) is 10.6. The van der Waals surface area contributed by atoms with E-state index in [9.17, 15) is 18.3 Å². The van der Waals surface area contributed by atoms with E-state index in [1.165, 1.54) is 4.31 Å². The van der Waals surface area contributed by atoms with Crippen molar-refractivity contribution in [2.45, 2.75) is 56.7 Å². The first-order valence-corrected chi connectivity index (χ1v) is 14.1. The molecular formula is C23H35N5O6S. The zero-order valence-corrected chi connectivity index (χ0v) is 21.1. The smallest absolute Gasteiger partial charge is 0.410 e. The van der Waals surface area contributed by atoms with Crippen molar-refractivity contribution >= 4 is 21.9 Å². The molecule has 3 heterocycles. The molecule has 0 unspecified atom stereocenters. The molecule has 0 atom stereocenters. The third kappa shape index (κ3) is 6.15. The van der Waals surface area contributed by atoms with Gasteiger partial charge in [-0.25, -0.2) is 23.2 Å². The second-order valence-corrected chi connectivity index (χ2v) is 12.6. The SMILES string of the molecule is CC1(OC(=O)N2CCC(COc3cnc(N4CCN(S(=O)(=O)CC5(O)CC5)CC4)cn3)CC2)CC1. The quantitative estimate of drug-likeness (QED) is 0.551. The molecule has 2 aliphatic carbocycles. The van der Waals surface area contributed by atoms with Crippen molar-refractivity contribution in [3.05, 3.63) is 12.4 Å². The lowest BCUT2D eigenvalue weighted by Crippen LogP contribution is -2.50. The summed E-state index contributed by atoms with van der Waals surface area (Å²) in [5, 5.41) is 9.98. The Morgan fingerprint density at radius 2 is 1.74 bits per heavy atom. The minimum Gasteiger partial charge on any atom is -0.476 e. The van der Waals surface area contributed by atoms with Crippen LogP contribution in [0.3, 0.4) is 0 Å². The predicted octanol–water partition coefficient (Wildman–Crippen LogP) is 1.23. The van der Waals surface area contributed by atoms with Crippen LogP contribution < -0.4 is 9.64 Å². The van der Waals surface area contributed by atoms with Crippen molar-refractivity contribution in [3.63, 3.8) is 0 Å². The zero-order valence-electron chi connectivity index (χ0n) is 20.3. The van der Waals surface area contributed by atoms with Crippen molar-refractivity contribution in [1.29, 1.82) is 0 Å². The number of amides is 1. The first-order chi connectivity index (χ1) is 16.6. The van der Waals surface area contributed by atoms with Gasteiger partial charge in [0, 0.05) is 39.3 Å². The Balaban J connectivity index is 1.03. The molecule has 0 spiro atoms. The van der Waals surface area contributed by atoms with Gasteiger partial charge in [-0.3, -0.25) is 0 Å². The van der Waals surface area contributed by atoms with E-state index < -0.39 is 15.6 Å². The molecule has 5 rings (SSSR count). The molecule has 0 bridgehead atoms. The van der Waals surface area contributed by atoms with Crippen LogP contribution in [0.5, 0.6) is 5.88 Å². The number of ether oxygens (including phenoxy) is 2. The summed E-state index contributed by atoms with van der Waals surface area (Å²) in [5.41, 5.74) is -1.26. The van der Waals surface area contributed by atoms with Gasteiger partial charge >= 0.3 is 6.09 Å². The molecule has 194 valence electrons. The number of likely N-dealkylation sites (tertiary alicyclic amines) is 1. The number of nitrogens with zero attached hydrogens (tertiary/aromatic N) is 5. The number of piperazine rings is 1. The van der Waals surface area contributed by atoms with E-state index in [0.29, 0.717) is 76.3 Å². The molecule has 0 aromatic carbocycles. The van der Waals surface area contributed by atoms with Crippen LogP contribution in [-0.2, 0) is 14.8 Å². The first-order valence-electron chi connectivity index (χ1n) is 12.5. The highest BCUT2D eigenvalue weighted by atomic mass is 32.2. The molecule has 4 fully saturated rings. The molecule has 1 aromatic heterocycles. The van der Waals surface area contributed by atoms with Crippen LogP contribution in [0.4, 0.5) is 10.6 Å². The number of carbonyl (C=O) groups is 1. The molecule has 1 aromatic rings. The summed E-state index contributed by atoms with van der Waals surface area (Å²) in [7, 11) is -3.45. The number of aromatic nitrogens is 2. The fourth-order valence-corrected chi connectivity index (χ4v) is 6.37. The molecule has 12 heteroatoms. The van der Waals surface area contributed by atoms with E-state index in [1.54, 1.807) is 17.3 Å². The van der Waals surface area contributed by atoms with Crippen molar-refractivity contribution in [2.75, 3.05) is 56.5 Å². The summed E-state index contributed by atoms with van der Waals surface area (Å²) in [6.45, 7) is 5.62. The molecule has 1 N–H and O–H groups in total. The molecule has 2 saturated heterocycles. The number of carbonyl (C=O) groups excluding carboxylic acids is 1. The number of aliphatic hydroxyl groups is 1. The Morgan fingerprint density at radius 3 is 2.31 bits per heavy atom. The Hall–Kier alpha value is -2.18. The van der Waals surface area contributed by atoms with Gasteiger partial charge in [-0.1, -0.05) is 0 Å². The minimum absolute atomic E-state index is 0.186. The molecule has 1 amide bonds. The lowest BCUT2D eigenvalue weighted by molar-refractivity contribution is 0.0454. The van der Waals surface area contributed by atoms with Crippen molar-refractivity contribution in [3.8, 4) is 5.88 Å². The Morgan fingerprint density at radius 1 is 1.06 bits per heavy atom. The maximum absolute atomic E-state index is 12.5. The number of rotatable bonds is 8. The highest BCUT2D eigenvalue weighted by Crippen LogP contribution is 2.39. The van der Waals surface area contributed by atoms with Crippen molar-refractivity contribution < 1.29 is 27.8 Å². The van der Waals surface area contributed by atoms with Gasteiger partial charge in [0.1, 0.15) is 11.4 Å². The number of sulfonamides is 1. The van der Waals surface area contributed by atoms with Crippen LogP contribution in [0.2, 0.25) is 0 Å². The van der Waals surface area contributed by atoms with Crippen LogP contribution in [0.15, 0.2) is 12.4 Å². The van der Waals surface area contributed by atoms with Crippen LogP contribution in [-0.4, -0.2) is 102 Å². The standard InChI is InChI=1S/C23H35N5O6S/c1-22(4-5-22)34-21(29)27-8-2-18(3-9-27)16-33-20-15-24-19(14-25-20)26-10-12-28(13-11-26)35(31,32)17-23(30)6-7-23/h14-15,18,30H,2-13,16-17H2,1H3. The predicted molar refractivity (Wildman–Crippen MR) is 128 cm³/mol. The molecule has 35 heavy (non-hydrogen) atoms. The summed E-state index contributed by atoms with van der Waals surface area (Å²) in [6.07, 6.45) is 7.80. The normalized spacial score (nSPS) is 24.2. The molecule has 2 saturated carbocycles. The second kappa shape index (κ2) is 9.36. The van der Waals surface area contributed by atoms with Crippen LogP contribution in [0.25, 0.3) is 0 Å². The van der Waals surface area contributed by atoms with Crippen LogP contribution >= 0.6 is 0 Å². The maximum Gasteiger partial charge on any atom is 0.410 e. The summed E-state index contributed by atoms with van der Waals surface area (Å²) in [5.74, 6) is 1.30. The average molecular weight is 510 g/mol. The van der Waals surface area contributed by atoms with Gasteiger partial charge < -0.3 is 24.4 Å². The van der Waals surface area contributed by atoms with E-state index in [0.717, 1.165) is 25.7 Å². The fourth-order valence-electron chi connectivity index (χ4n) is 4.50. The lowest BCUT2D eigenvalue weighted by atomic mass is 9.98. The van der Waals surface area contributed by atoms with Gasteiger partial charge in [0.2, 0.25) is 15.9 Å². The first kappa shape index (κ1) is 24.5. The summed E-state index contributed by atoms with van der Waals surface area (Å²) in [6, 6.07) is 0. The Labute approximate surface area is 206 Å². The van der Waals surface area contributed by atoms with Crippen molar-refractivity contribution in [2.24, 2.45) is 5.92 Å². The number of hydrogen-bond acceptors (Lipinski definition) is 9. The zero-order chi connectivity index (χ0) is 24.7. The topological polar surface area (TPSA) is 125 Å². The maximum atomic E-state index is 12.5. The van der Waals surface area contributed by atoms with Crippen LogP contribution in [0.1, 0.15) is 45.4 Å². The lowest BCUT2D eigenvalue weighted by Gasteiger charge is -2.34. The van der Waals surface area contributed by atoms with E-state index in [1.807, 2.05) is 11.8 Å². The van der Waals surface area contributed by atoms with E-state index in [4.69, 9.17) is 9.47 Å². The third-order valence-corrected chi connectivity index (χ3v) is 9.53. The number of anilines is 1. The van der Waals surface area contributed by atoms with Gasteiger partial charge in [0.15, 0.2) is 0 Å². The highest BCUT2D eigenvalue weighted by Gasteiger charge is 2.46.